The first-order chi connectivity index (χ1) is 8.18. The van der Waals surface area contributed by atoms with E-state index < -0.39 is 11.6 Å². The molecular formula is C13H28N2O3. The Balaban J connectivity index is 4.67. The summed E-state index contributed by atoms with van der Waals surface area (Å²) in [6.07, 6.45) is 0.956. The van der Waals surface area contributed by atoms with Crippen LogP contribution in [-0.2, 0) is 9.53 Å². The number of methoxy groups -OCH3 is 1. The first-order valence-electron chi connectivity index (χ1n) is 6.41. The molecule has 0 aromatic heterocycles. The van der Waals surface area contributed by atoms with Crippen molar-refractivity contribution < 1.29 is 14.6 Å². The van der Waals surface area contributed by atoms with Gasteiger partial charge in [0.15, 0.2) is 5.60 Å². The molecule has 0 aromatic rings. The smallest absolute Gasteiger partial charge is 0.338 e. The van der Waals surface area contributed by atoms with Gasteiger partial charge in [-0.25, -0.2) is 4.79 Å². The van der Waals surface area contributed by atoms with Gasteiger partial charge in [0.05, 0.1) is 7.11 Å². The molecular weight excluding hydrogens is 232 g/mol. The third kappa shape index (κ3) is 5.80. The van der Waals surface area contributed by atoms with Crippen molar-refractivity contribution in [2.24, 2.45) is 11.1 Å². The maximum Gasteiger partial charge on any atom is 0.338 e. The van der Waals surface area contributed by atoms with Gasteiger partial charge < -0.3 is 15.6 Å². The summed E-state index contributed by atoms with van der Waals surface area (Å²) in [5, 5.41) is 10.1. The number of nitrogens with two attached hydrogens (primary N) is 1. The zero-order valence-corrected chi connectivity index (χ0v) is 12.3. The Kier molecular flexibility index (Phi) is 6.81. The number of hydrogen-bond donors (Lipinski definition) is 2. The van der Waals surface area contributed by atoms with Crippen LogP contribution in [-0.4, -0.2) is 54.9 Å². The van der Waals surface area contributed by atoms with E-state index in [1.165, 1.54) is 14.0 Å². The lowest BCUT2D eigenvalue weighted by Gasteiger charge is -2.35. The second kappa shape index (κ2) is 7.07. The molecule has 0 rings (SSSR count). The van der Waals surface area contributed by atoms with Gasteiger partial charge in [-0.3, -0.25) is 4.90 Å². The minimum atomic E-state index is -1.48. The van der Waals surface area contributed by atoms with Crippen molar-refractivity contribution in [2.45, 2.75) is 39.7 Å². The summed E-state index contributed by atoms with van der Waals surface area (Å²) >= 11 is 0. The number of esters is 1. The minimum Gasteiger partial charge on any atom is -0.467 e. The molecule has 0 aliphatic carbocycles. The molecule has 0 aliphatic rings. The highest BCUT2D eigenvalue weighted by Crippen LogP contribution is 2.18. The number of carbonyl (C=O) groups excluding carboxylic acids is 1. The molecule has 0 saturated carbocycles. The van der Waals surface area contributed by atoms with Crippen molar-refractivity contribution in [1.29, 1.82) is 0 Å². The Bertz CT molecular complexity index is 265. The normalized spacial score (nSPS) is 15.6. The van der Waals surface area contributed by atoms with Crippen molar-refractivity contribution >= 4 is 5.97 Å². The van der Waals surface area contributed by atoms with Gasteiger partial charge in [-0.1, -0.05) is 20.8 Å². The van der Waals surface area contributed by atoms with Gasteiger partial charge in [-0.15, -0.1) is 0 Å². The molecule has 0 fully saturated rings. The van der Waals surface area contributed by atoms with Gasteiger partial charge in [0.25, 0.3) is 0 Å². The monoisotopic (exact) mass is 260 g/mol. The van der Waals surface area contributed by atoms with Crippen LogP contribution in [0.2, 0.25) is 0 Å². The fourth-order valence-corrected chi connectivity index (χ4v) is 1.92. The summed E-state index contributed by atoms with van der Waals surface area (Å²) < 4.78 is 4.61. The summed E-state index contributed by atoms with van der Waals surface area (Å²) in [7, 11) is 1.28. The van der Waals surface area contributed by atoms with Gasteiger partial charge in [0.2, 0.25) is 0 Å². The number of rotatable bonds is 8. The molecule has 18 heavy (non-hydrogen) atoms. The molecule has 0 spiro atoms. The van der Waals surface area contributed by atoms with Crippen molar-refractivity contribution in [2.75, 3.05) is 33.3 Å². The van der Waals surface area contributed by atoms with Crippen molar-refractivity contribution in [3.63, 3.8) is 0 Å². The van der Waals surface area contributed by atoms with E-state index in [-0.39, 0.29) is 12.0 Å². The predicted molar refractivity (Wildman–Crippen MR) is 72.2 cm³/mol. The molecule has 1 unspecified atom stereocenters. The minimum absolute atomic E-state index is 0.0403. The van der Waals surface area contributed by atoms with Crippen LogP contribution >= 0.6 is 0 Å². The maximum absolute atomic E-state index is 11.5. The largest absolute Gasteiger partial charge is 0.467 e. The molecule has 5 nitrogen and oxygen atoms in total. The predicted octanol–water partition coefficient (Wildman–Crippen LogP) is 0.607. The van der Waals surface area contributed by atoms with Crippen LogP contribution < -0.4 is 5.73 Å². The Hall–Kier alpha value is -0.650. The van der Waals surface area contributed by atoms with Crippen LogP contribution in [0.15, 0.2) is 0 Å². The Morgan fingerprint density at radius 2 is 1.89 bits per heavy atom. The Morgan fingerprint density at radius 1 is 1.33 bits per heavy atom. The van der Waals surface area contributed by atoms with Gasteiger partial charge in [0.1, 0.15) is 0 Å². The standard InChI is InChI=1S/C13H28N2O3/c1-6-7-15(9-12(2,3)8-14)10-13(4,17)11(16)18-5/h17H,6-10,14H2,1-5H3. The third-order valence-electron chi connectivity index (χ3n) is 2.90. The van der Waals surface area contributed by atoms with Crippen LogP contribution in [0.1, 0.15) is 34.1 Å². The molecule has 0 radical (unpaired) electrons. The lowest BCUT2D eigenvalue weighted by Crippen LogP contribution is -2.50. The molecule has 1 atom stereocenters. The highest BCUT2D eigenvalue weighted by molar-refractivity contribution is 5.78. The fraction of sp³-hybridized carbons (Fsp3) is 0.923. The molecule has 5 heteroatoms. The van der Waals surface area contributed by atoms with Crippen molar-refractivity contribution in [3.8, 4) is 0 Å². The molecule has 0 aliphatic heterocycles. The highest BCUT2D eigenvalue weighted by Gasteiger charge is 2.34. The number of hydrogen-bond acceptors (Lipinski definition) is 5. The third-order valence-corrected chi connectivity index (χ3v) is 2.90. The van der Waals surface area contributed by atoms with E-state index in [9.17, 15) is 9.90 Å². The van der Waals surface area contributed by atoms with Crippen LogP contribution in [0.5, 0.6) is 0 Å². The number of nitrogens with zero attached hydrogens (tertiary/aromatic N) is 1. The van der Waals surface area contributed by atoms with E-state index >= 15 is 0 Å². The fourth-order valence-electron chi connectivity index (χ4n) is 1.92. The molecule has 108 valence electrons. The molecule has 3 N–H and O–H groups in total. The molecule has 0 saturated heterocycles. The quantitative estimate of drug-likeness (QED) is 0.625. The Labute approximate surface area is 110 Å². The summed E-state index contributed by atoms with van der Waals surface area (Å²) in [6.45, 7) is 10.1. The summed E-state index contributed by atoms with van der Waals surface area (Å²) in [6, 6.07) is 0. The van der Waals surface area contributed by atoms with E-state index in [2.05, 4.69) is 30.4 Å². The van der Waals surface area contributed by atoms with E-state index in [4.69, 9.17) is 5.73 Å². The number of aliphatic hydroxyl groups is 1. The van der Waals surface area contributed by atoms with E-state index in [1.807, 2.05) is 0 Å². The van der Waals surface area contributed by atoms with E-state index in [0.717, 1.165) is 19.5 Å². The molecule has 0 heterocycles. The number of carbonyl (C=O) groups is 1. The van der Waals surface area contributed by atoms with Gasteiger partial charge in [0, 0.05) is 13.1 Å². The average molecular weight is 260 g/mol. The zero-order valence-electron chi connectivity index (χ0n) is 12.3. The van der Waals surface area contributed by atoms with Crippen LogP contribution in [0.3, 0.4) is 0 Å². The van der Waals surface area contributed by atoms with Gasteiger partial charge in [-0.2, -0.15) is 0 Å². The summed E-state index contributed by atoms with van der Waals surface area (Å²) in [5.41, 5.74) is 4.20. The average Bonchev–Trinajstić information content (AvgIpc) is 2.27. The summed E-state index contributed by atoms with van der Waals surface area (Å²) in [5.74, 6) is -0.603. The second-order valence-corrected chi connectivity index (χ2v) is 5.84. The first-order valence-corrected chi connectivity index (χ1v) is 6.41. The van der Waals surface area contributed by atoms with E-state index in [1.54, 1.807) is 0 Å². The van der Waals surface area contributed by atoms with E-state index in [0.29, 0.717) is 6.54 Å². The first kappa shape index (κ1) is 17.4. The van der Waals surface area contributed by atoms with Gasteiger partial charge in [-0.05, 0) is 31.8 Å². The SMILES string of the molecule is CCCN(CC(C)(C)CN)CC(C)(O)C(=O)OC. The molecule has 0 bridgehead atoms. The molecule has 0 aromatic carbocycles. The second-order valence-electron chi connectivity index (χ2n) is 5.84. The maximum atomic E-state index is 11.5. The van der Waals surface area contributed by atoms with Crippen molar-refractivity contribution in [1.82, 2.24) is 4.90 Å². The molecule has 0 amide bonds. The van der Waals surface area contributed by atoms with Crippen LogP contribution in [0.25, 0.3) is 0 Å². The lowest BCUT2D eigenvalue weighted by molar-refractivity contribution is -0.162. The Morgan fingerprint density at radius 3 is 2.28 bits per heavy atom. The van der Waals surface area contributed by atoms with Crippen molar-refractivity contribution in [3.05, 3.63) is 0 Å². The van der Waals surface area contributed by atoms with Gasteiger partial charge >= 0.3 is 5.97 Å². The topological polar surface area (TPSA) is 75.8 Å². The lowest BCUT2D eigenvalue weighted by atomic mass is 9.92. The number of ether oxygens (including phenoxy) is 1. The van der Waals surface area contributed by atoms with Crippen LogP contribution in [0.4, 0.5) is 0 Å². The summed E-state index contributed by atoms with van der Waals surface area (Å²) in [4.78, 5) is 13.5. The highest BCUT2D eigenvalue weighted by atomic mass is 16.5. The zero-order chi connectivity index (χ0) is 14.4. The van der Waals surface area contributed by atoms with Crippen LogP contribution in [0, 0.1) is 5.41 Å².